The predicted molar refractivity (Wildman–Crippen MR) is 82.7 cm³/mol. The molecule has 0 saturated carbocycles. The summed E-state index contributed by atoms with van der Waals surface area (Å²) in [5.41, 5.74) is 2.33. The molecular weight excluding hydrogens is 326 g/mol. The van der Waals surface area contributed by atoms with Crippen molar-refractivity contribution in [3.05, 3.63) is 63.1 Å². The van der Waals surface area contributed by atoms with E-state index in [1.54, 1.807) is 7.11 Å². The van der Waals surface area contributed by atoms with Crippen LogP contribution in [0.1, 0.15) is 11.1 Å². The van der Waals surface area contributed by atoms with Crippen LogP contribution in [0.3, 0.4) is 0 Å². The number of hydrogen-bond acceptors (Lipinski definition) is 2. The van der Waals surface area contributed by atoms with Gasteiger partial charge in [-0.15, -0.1) is 0 Å². The smallest absolute Gasteiger partial charge is 0.123 e. The third kappa shape index (κ3) is 3.96. The number of halogens is 2. The fourth-order valence-corrected chi connectivity index (χ4v) is 2.67. The van der Waals surface area contributed by atoms with Crippen molar-refractivity contribution < 1.29 is 4.74 Å². The van der Waals surface area contributed by atoms with Crippen LogP contribution in [0.25, 0.3) is 0 Å². The standard InChI is InChI=1S/C15H15BrClNO/c1-19-15-5-3-2-4-12(15)10-18-9-11-6-7-13(17)8-14(11)16/h2-8,18H,9-10H2,1H3. The summed E-state index contributed by atoms with van der Waals surface area (Å²) in [5.74, 6) is 0.908. The molecule has 2 rings (SSSR count). The Kier molecular flexibility index (Phi) is 5.25. The summed E-state index contributed by atoms with van der Waals surface area (Å²) in [4.78, 5) is 0. The van der Waals surface area contributed by atoms with Crippen LogP contribution in [0.5, 0.6) is 5.75 Å². The third-order valence-electron chi connectivity index (χ3n) is 2.84. The molecule has 0 bridgehead atoms. The van der Waals surface area contributed by atoms with Gasteiger partial charge < -0.3 is 10.1 Å². The molecule has 2 nitrogen and oxygen atoms in total. The minimum Gasteiger partial charge on any atom is -0.496 e. The highest BCUT2D eigenvalue weighted by molar-refractivity contribution is 9.10. The van der Waals surface area contributed by atoms with Crippen LogP contribution < -0.4 is 10.1 Å². The highest BCUT2D eigenvalue weighted by Crippen LogP contribution is 2.22. The number of para-hydroxylation sites is 1. The molecule has 1 N–H and O–H groups in total. The molecule has 0 aliphatic rings. The van der Waals surface area contributed by atoms with Crippen molar-refractivity contribution in [3.63, 3.8) is 0 Å². The summed E-state index contributed by atoms with van der Waals surface area (Å²) in [6.45, 7) is 1.54. The van der Waals surface area contributed by atoms with E-state index in [9.17, 15) is 0 Å². The van der Waals surface area contributed by atoms with E-state index in [2.05, 4.69) is 27.3 Å². The average molecular weight is 341 g/mol. The van der Waals surface area contributed by atoms with Crippen molar-refractivity contribution in [1.82, 2.24) is 5.32 Å². The second-order valence-electron chi connectivity index (χ2n) is 4.15. The lowest BCUT2D eigenvalue weighted by Crippen LogP contribution is -2.13. The topological polar surface area (TPSA) is 21.3 Å². The Morgan fingerprint density at radius 3 is 2.58 bits per heavy atom. The molecule has 0 fully saturated rings. The Hall–Kier alpha value is -1.03. The third-order valence-corrected chi connectivity index (χ3v) is 3.81. The Labute approximate surface area is 126 Å². The molecule has 2 aromatic rings. The molecule has 0 amide bonds. The second-order valence-corrected chi connectivity index (χ2v) is 5.44. The molecule has 0 saturated heterocycles. The molecule has 0 unspecified atom stereocenters. The summed E-state index contributed by atoms with van der Waals surface area (Å²) in [6, 6.07) is 13.8. The highest BCUT2D eigenvalue weighted by Gasteiger charge is 2.03. The van der Waals surface area contributed by atoms with Gasteiger partial charge in [-0.2, -0.15) is 0 Å². The molecule has 19 heavy (non-hydrogen) atoms. The van der Waals surface area contributed by atoms with E-state index in [0.717, 1.165) is 33.9 Å². The molecular formula is C15H15BrClNO. The zero-order valence-corrected chi connectivity index (χ0v) is 13.0. The SMILES string of the molecule is COc1ccccc1CNCc1ccc(Cl)cc1Br. The first-order valence-corrected chi connectivity index (χ1v) is 7.14. The summed E-state index contributed by atoms with van der Waals surface area (Å²) in [5, 5.41) is 4.14. The molecule has 0 aliphatic carbocycles. The van der Waals surface area contributed by atoms with Gasteiger partial charge in [0.25, 0.3) is 0 Å². The van der Waals surface area contributed by atoms with Gasteiger partial charge in [0.05, 0.1) is 7.11 Å². The largest absolute Gasteiger partial charge is 0.496 e. The van der Waals surface area contributed by atoms with E-state index < -0.39 is 0 Å². The number of methoxy groups -OCH3 is 1. The van der Waals surface area contributed by atoms with Crippen LogP contribution in [0.4, 0.5) is 0 Å². The predicted octanol–water partition coefficient (Wildman–Crippen LogP) is 4.40. The zero-order valence-electron chi connectivity index (χ0n) is 10.6. The van der Waals surface area contributed by atoms with Gasteiger partial charge in [0.2, 0.25) is 0 Å². The maximum absolute atomic E-state index is 5.92. The molecule has 0 aliphatic heterocycles. The molecule has 0 radical (unpaired) electrons. The van der Waals surface area contributed by atoms with Crippen molar-refractivity contribution in [2.75, 3.05) is 7.11 Å². The molecule has 0 aromatic heterocycles. The zero-order chi connectivity index (χ0) is 13.7. The van der Waals surface area contributed by atoms with Crippen LogP contribution in [0.2, 0.25) is 5.02 Å². The molecule has 100 valence electrons. The first-order chi connectivity index (χ1) is 9.20. The molecule has 0 heterocycles. The van der Waals surface area contributed by atoms with E-state index in [-0.39, 0.29) is 0 Å². The molecule has 2 aromatic carbocycles. The van der Waals surface area contributed by atoms with Gasteiger partial charge in [0.15, 0.2) is 0 Å². The number of benzene rings is 2. The fraction of sp³-hybridized carbons (Fsp3) is 0.200. The second kappa shape index (κ2) is 6.94. The van der Waals surface area contributed by atoms with E-state index in [1.807, 2.05) is 36.4 Å². The molecule has 0 spiro atoms. The minimum absolute atomic E-state index is 0.736. The monoisotopic (exact) mass is 339 g/mol. The van der Waals surface area contributed by atoms with E-state index in [0.29, 0.717) is 0 Å². The summed E-state index contributed by atoms with van der Waals surface area (Å²) >= 11 is 9.43. The van der Waals surface area contributed by atoms with Crippen LogP contribution >= 0.6 is 27.5 Å². The van der Waals surface area contributed by atoms with Gasteiger partial charge in [-0.05, 0) is 23.8 Å². The Balaban J connectivity index is 1.96. The van der Waals surface area contributed by atoms with Crippen LogP contribution in [0.15, 0.2) is 46.9 Å². The normalized spacial score (nSPS) is 10.5. The molecule has 4 heteroatoms. The van der Waals surface area contributed by atoms with E-state index in [4.69, 9.17) is 16.3 Å². The van der Waals surface area contributed by atoms with Crippen molar-refractivity contribution in [2.24, 2.45) is 0 Å². The van der Waals surface area contributed by atoms with Crippen LogP contribution in [0, 0.1) is 0 Å². The minimum atomic E-state index is 0.736. The highest BCUT2D eigenvalue weighted by atomic mass is 79.9. The number of hydrogen-bond donors (Lipinski definition) is 1. The van der Waals surface area contributed by atoms with Crippen molar-refractivity contribution in [3.8, 4) is 5.75 Å². The van der Waals surface area contributed by atoms with E-state index in [1.165, 1.54) is 5.56 Å². The lowest BCUT2D eigenvalue weighted by Gasteiger charge is -2.10. The number of rotatable bonds is 5. The fourth-order valence-electron chi connectivity index (χ4n) is 1.85. The van der Waals surface area contributed by atoms with E-state index >= 15 is 0 Å². The van der Waals surface area contributed by atoms with Gasteiger partial charge in [-0.25, -0.2) is 0 Å². The first-order valence-electron chi connectivity index (χ1n) is 5.97. The van der Waals surface area contributed by atoms with Gasteiger partial charge in [-0.1, -0.05) is 51.8 Å². The van der Waals surface area contributed by atoms with Gasteiger partial charge in [0.1, 0.15) is 5.75 Å². The number of ether oxygens (including phenoxy) is 1. The Morgan fingerprint density at radius 2 is 1.84 bits per heavy atom. The maximum Gasteiger partial charge on any atom is 0.123 e. The Morgan fingerprint density at radius 1 is 1.11 bits per heavy atom. The number of nitrogens with one attached hydrogen (secondary N) is 1. The Bertz CT molecular complexity index is 560. The van der Waals surface area contributed by atoms with Crippen molar-refractivity contribution >= 4 is 27.5 Å². The van der Waals surface area contributed by atoms with Crippen molar-refractivity contribution in [2.45, 2.75) is 13.1 Å². The quantitative estimate of drug-likeness (QED) is 0.871. The van der Waals surface area contributed by atoms with Gasteiger partial charge in [-0.3, -0.25) is 0 Å². The first kappa shape index (κ1) is 14.4. The summed E-state index contributed by atoms with van der Waals surface area (Å²) in [7, 11) is 1.69. The average Bonchev–Trinajstić information content (AvgIpc) is 2.42. The molecule has 0 atom stereocenters. The summed E-state index contributed by atoms with van der Waals surface area (Å²) < 4.78 is 6.34. The summed E-state index contributed by atoms with van der Waals surface area (Å²) in [6.07, 6.45) is 0. The van der Waals surface area contributed by atoms with Gasteiger partial charge in [0, 0.05) is 28.1 Å². The van der Waals surface area contributed by atoms with Crippen LogP contribution in [-0.4, -0.2) is 7.11 Å². The van der Waals surface area contributed by atoms with Crippen LogP contribution in [-0.2, 0) is 13.1 Å². The maximum atomic E-state index is 5.92. The van der Waals surface area contributed by atoms with Gasteiger partial charge >= 0.3 is 0 Å². The lowest BCUT2D eigenvalue weighted by molar-refractivity contribution is 0.407. The lowest BCUT2D eigenvalue weighted by atomic mass is 10.2. The van der Waals surface area contributed by atoms with Crippen molar-refractivity contribution in [1.29, 1.82) is 0 Å².